The zero-order chi connectivity index (χ0) is 20.8. The second-order valence-electron chi connectivity index (χ2n) is 7.28. The molecule has 0 aliphatic carbocycles. The van der Waals surface area contributed by atoms with E-state index in [2.05, 4.69) is 29.7 Å². The van der Waals surface area contributed by atoms with Gasteiger partial charge >= 0.3 is 0 Å². The fourth-order valence-corrected chi connectivity index (χ4v) is 3.25. The number of benzene rings is 2. The molecule has 1 aromatic heterocycles. The van der Waals surface area contributed by atoms with Gasteiger partial charge in [0, 0.05) is 17.1 Å². The first-order valence-corrected chi connectivity index (χ1v) is 9.88. The minimum absolute atomic E-state index is 0.165. The van der Waals surface area contributed by atoms with Gasteiger partial charge in [0.1, 0.15) is 5.75 Å². The van der Waals surface area contributed by atoms with Crippen LogP contribution in [0.4, 0.5) is 0 Å². The van der Waals surface area contributed by atoms with E-state index in [1.165, 1.54) is 0 Å². The average molecular weight is 393 g/mol. The molecule has 1 heterocycles. The Labute approximate surface area is 170 Å². The van der Waals surface area contributed by atoms with Crippen LogP contribution in [-0.4, -0.2) is 22.9 Å². The molecule has 29 heavy (non-hydrogen) atoms. The summed E-state index contributed by atoms with van der Waals surface area (Å²) < 4.78 is 5.95. The van der Waals surface area contributed by atoms with Crippen LogP contribution in [0.1, 0.15) is 44.2 Å². The Hall–Kier alpha value is -3.28. The van der Waals surface area contributed by atoms with Crippen molar-refractivity contribution >= 4 is 22.7 Å². The SMILES string of the molecule is CCC(Oc1ccccc1C(C)C)C(=O)NNC(=O)Cc1c[nH]c2ccccc12. The van der Waals surface area contributed by atoms with Gasteiger partial charge in [-0.1, -0.05) is 57.2 Å². The largest absolute Gasteiger partial charge is 0.480 e. The summed E-state index contributed by atoms with van der Waals surface area (Å²) >= 11 is 0. The molecule has 0 aliphatic rings. The lowest BCUT2D eigenvalue weighted by atomic mass is 10.0. The molecule has 0 fully saturated rings. The van der Waals surface area contributed by atoms with Crippen molar-refractivity contribution in [2.45, 2.75) is 45.6 Å². The van der Waals surface area contributed by atoms with E-state index >= 15 is 0 Å². The van der Waals surface area contributed by atoms with Gasteiger partial charge in [-0.05, 0) is 35.6 Å². The molecule has 2 aromatic carbocycles. The molecular weight excluding hydrogens is 366 g/mol. The number of amides is 2. The first-order chi connectivity index (χ1) is 14.0. The van der Waals surface area contributed by atoms with Crippen LogP contribution in [0.5, 0.6) is 5.75 Å². The van der Waals surface area contributed by atoms with E-state index in [1.54, 1.807) is 0 Å². The fraction of sp³-hybridized carbons (Fsp3) is 0.304. The quantitative estimate of drug-likeness (QED) is 0.533. The second-order valence-corrected chi connectivity index (χ2v) is 7.28. The Morgan fingerprint density at radius 3 is 2.52 bits per heavy atom. The molecule has 0 saturated carbocycles. The summed E-state index contributed by atoms with van der Waals surface area (Å²) in [5, 5.41) is 0.994. The van der Waals surface area contributed by atoms with Gasteiger partial charge in [-0.15, -0.1) is 0 Å². The number of rotatable bonds is 7. The van der Waals surface area contributed by atoms with Crippen LogP contribution in [0.25, 0.3) is 10.9 Å². The van der Waals surface area contributed by atoms with Crippen molar-refractivity contribution in [3.63, 3.8) is 0 Å². The standard InChI is InChI=1S/C23H27N3O3/c1-4-20(29-21-12-8-6-9-17(21)15(2)3)23(28)26-25-22(27)13-16-14-24-19-11-7-5-10-18(16)19/h5-12,14-15,20,24H,4,13H2,1-3H3,(H,25,27)(H,26,28). The van der Waals surface area contributed by atoms with Crippen LogP contribution >= 0.6 is 0 Å². The molecule has 152 valence electrons. The van der Waals surface area contributed by atoms with Crippen molar-refractivity contribution in [2.75, 3.05) is 0 Å². The van der Waals surface area contributed by atoms with Crippen molar-refractivity contribution in [1.82, 2.24) is 15.8 Å². The zero-order valence-electron chi connectivity index (χ0n) is 17.0. The molecule has 1 unspecified atom stereocenters. The van der Waals surface area contributed by atoms with Gasteiger partial charge in [0.15, 0.2) is 6.10 Å². The summed E-state index contributed by atoms with van der Waals surface area (Å²) in [5.41, 5.74) is 7.87. The van der Waals surface area contributed by atoms with Crippen LogP contribution < -0.4 is 15.6 Å². The summed E-state index contributed by atoms with van der Waals surface area (Å²) in [5.74, 6) is 0.302. The van der Waals surface area contributed by atoms with Gasteiger partial charge in [-0.2, -0.15) is 0 Å². The van der Waals surface area contributed by atoms with Gasteiger partial charge in [0.25, 0.3) is 5.91 Å². The lowest BCUT2D eigenvalue weighted by Crippen LogP contribution is -2.48. The van der Waals surface area contributed by atoms with Crippen LogP contribution in [0.3, 0.4) is 0 Å². The van der Waals surface area contributed by atoms with E-state index in [0.717, 1.165) is 22.0 Å². The Balaban J connectivity index is 1.58. The minimum atomic E-state index is -0.691. The third-order valence-corrected chi connectivity index (χ3v) is 4.82. The summed E-state index contributed by atoms with van der Waals surface area (Å²) in [6.45, 7) is 6.03. The molecule has 0 spiro atoms. The third kappa shape index (κ3) is 4.96. The Morgan fingerprint density at radius 2 is 1.76 bits per heavy atom. The zero-order valence-corrected chi connectivity index (χ0v) is 17.0. The topological polar surface area (TPSA) is 83.2 Å². The molecule has 0 saturated heterocycles. The van der Waals surface area contributed by atoms with E-state index in [0.29, 0.717) is 12.2 Å². The lowest BCUT2D eigenvalue weighted by molar-refractivity contribution is -0.133. The molecule has 2 amide bonds. The van der Waals surface area contributed by atoms with Crippen LogP contribution in [0.2, 0.25) is 0 Å². The molecule has 6 nitrogen and oxygen atoms in total. The monoisotopic (exact) mass is 393 g/mol. The molecule has 0 bridgehead atoms. The lowest BCUT2D eigenvalue weighted by Gasteiger charge is -2.20. The van der Waals surface area contributed by atoms with Gasteiger partial charge in [-0.25, -0.2) is 0 Å². The van der Waals surface area contributed by atoms with Gasteiger partial charge < -0.3 is 9.72 Å². The van der Waals surface area contributed by atoms with Crippen molar-refractivity contribution in [2.24, 2.45) is 0 Å². The summed E-state index contributed by atoms with van der Waals surface area (Å²) in [6, 6.07) is 15.5. The maximum absolute atomic E-state index is 12.5. The highest BCUT2D eigenvalue weighted by Gasteiger charge is 2.21. The first kappa shape index (κ1) is 20.5. The molecule has 6 heteroatoms. The predicted molar refractivity (Wildman–Crippen MR) is 114 cm³/mol. The van der Waals surface area contributed by atoms with Crippen molar-refractivity contribution in [3.8, 4) is 5.75 Å². The number of nitrogens with one attached hydrogen (secondary N) is 3. The maximum Gasteiger partial charge on any atom is 0.279 e. The highest BCUT2D eigenvalue weighted by molar-refractivity contribution is 5.90. The van der Waals surface area contributed by atoms with Crippen LogP contribution in [-0.2, 0) is 16.0 Å². The number of aromatic amines is 1. The van der Waals surface area contributed by atoms with E-state index in [1.807, 2.05) is 61.7 Å². The number of H-pyrrole nitrogens is 1. The van der Waals surface area contributed by atoms with Crippen molar-refractivity contribution in [1.29, 1.82) is 0 Å². The highest BCUT2D eigenvalue weighted by Crippen LogP contribution is 2.27. The third-order valence-electron chi connectivity index (χ3n) is 4.82. The average Bonchev–Trinajstić information content (AvgIpc) is 3.13. The van der Waals surface area contributed by atoms with Gasteiger partial charge in [-0.3, -0.25) is 20.4 Å². The normalized spacial score (nSPS) is 12.0. The van der Waals surface area contributed by atoms with Crippen molar-refractivity contribution < 1.29 is 14.3 Å². The van der Waals surface area contributed by atoms with Crippen LogP contribution in [0, 0.1) is 0 Å². The number of aromatic nitrogens is 1. The first-order valence-electron chi connectivity index (χ1n) is 9.88. The molecule has 0 radical (unpaired) electrons. The number of fused-ring (bicyclic) bond motifs is 1. The second kappa shape index (κ2) is 9.28. The van der Waals surface area contributed by atoms with Crippen LogP contribution in [0.15, 0.2) is 54.7 Å². The fourth-order valence-electron chi connectivity index (χ4n) is 3.25. The highest BCUT2D eigenvalue weighted by atomic mass is 16.5. The number of hydrazine groups is 1. The molecule has 3 rings (SSSR count). The molecular formula is C23H27N3O3. The Morgan fingerprint density at radius 1 is 1.03 bits per heavy atom. The summed E-state index contributed by atoms with van der Waals surface area (Å²) in [4.78, 5) is 28.0. The Kier molecular flexibility index (Phi) is 6.54. The summed E-state index contributed by atoms with van der Waals surface area (Å²) in [6.07, 6.45) is 1.77. The van der Waals surface area contributed by atoms with E-state index in [4.69, 9.17) is 4.74 Å². The molecule has 1 atom stereocenters. The predicted octanol–water partition coefficient (Wildman–Crippen LogP) is 3.84. The van der Waals surface area contributed by atoms with E-state index in [9.17, 15) is 9.59 Å². The van der Waals surface area contributed by atoms with Gasteiger partial charge in [0.05, 0.1) is 6.42 Å². The Bertz CT molecular complexity index is 994. The number of ether oxygens (including phenoxy) is 1. The minimum Gasteiger partial charge on any atom is -0.480 e. The summed E-state index contributed by atoms with van der Waals surface area (Å²) in [7, 11) is 0. The van der Waals surface area contributed by atoms with Crippen molar-refractivity contribution in [3.05, 3.63) is 65.9 Å². The molecule has 3 aromatic rings. The van der Waals surface area contributed by atoms with Gasteiger partial charge in [0.2, 0.25) is 5.91 Å². The maximum atomic E-state index is 12.5. The smallest absolute Gasteiger partial charge is 0.279 e. The number of carbonyl (C=O) groups excluding carboxylic acids is 2. The molecule has 3 N–H and O–H groups in total. The number of hydrogen-bond donors (Lipinski definition) is 3. The number of para-hydroxylation sites is 2. The van der Waals surface area contributed by atoms with E-state index < -0.39 is 6.10 Å². The number of carbonyl (C=O) groups is 2. The molecule has 0 aliphatic heterocycles. The number of hydrogen-bond acceptors (Lipinski definition) is 3. The van der Waals surface area contributed by atoms with E-state index in [-0.39, 0.29) is 24.2 Å².